The first-order valence-corrected chi connectivity index (χ1v) is 11.6. The van der Waals surface area contributed by atoms with Crippen molar-refractivity contribution in [2.24, 2.45) is 0 Å². The first-order valence-electron chi connectivity index (χ1n) is 11.6. The van der Waals surface area contributed by atoms with Crippen molar-refractivity contribution < 1.29 is 4.79 Å². The molecule has 5 rings (SSSR count). The molecule has 0 bridgehead atoms. The van der Waals surface area contributed by atoms with Gasteiger partial charge in [-0.2, -0.15) is 0 Å². The lowest BCUT2D eigenvalue weighted by Crippen LogP contribution is -2.32. The first-order chi connectivity index (χ1) is 15.3. The molecule has 3 aromatic carbocycles. The van der Waals surface area contributed by atoms with E-state index >= 15 is 0 Å². The maximum Gasteiger partial charge on any atom is 0.255 e. The van der Waals surface area contributed by atoms with E-state index in [4.69, 9.17) is 0 Å². The third-order valence-corrected chi connectivity index (χ3v) is 6.88. The van der Waals surface area contributed by atoms with Crippen LogP contribution in [0.4, 0.5) is 11.4 Å². The van der Waals surface area contributed by atoms with E-state index in [0.29, 0.717) is 0 Å². The standard InChI is InChI=1S/C28H30N2O/c31-28(29-24-11-5-2-6-12-24)27-13-7-10-23-20-30(19-18-26(23)27)25-16-14-22(15-17-25)21-8-3-1-4-9-21/h2,5-7,10-17,21H,1,3-4,8-9,18-20H2,(H,29,31). The van der Waals surface area contributed by atoms with Crippen molar-refractivity contribution in [2.75, 3.05) is 16.8 Å². The molecule has 0 saturated heterocycles. The summed E-state index contributed by atoms with van der Waals surface area (Å²) in [7, 11) is 0. The van der Waals surface area contributed by atoms with Crippen LogP contribution in [-0.4, -0.2) is 12.5 Å². The van der Waals surface area contributed by atoms with Crippen LogP contribution in [-0.2, 0) is 13.0 Å². The molecule has 31 heavy (non-hydrogen) atoms. The van der Waals surface area contributed by atoms with Gasteiger partial charge in [-0.1, -0.05) is 61.7 Å². The van der Waals surface area contributed by atoms with Crippen molar-refractivity contribution in [3.8, 4) is 0 Å². The average molecular weight is 411 g/mol. The van der Waals surface area contributed by atoms with E-state index in [2.05, 4.69) is 40.5 Å². The molecule has 0 aromatic heterocycles. The van der Waals surface area contributed by atoms with Crippen LogP contribution in [0.1, 0.15) is 65.1 Å². The first kappa shape index (κ1) is 19.9. The summed E-state index contributed by atoms with van der Waals surface area (Å²) in [5.74, 6) is 0.726. The van der Waals surface area contributed by atoms with Crippen LogP contribution >= 0.6 is 0 Å². The third kappa shape index (κ3) is 4.36. The molecular formula is C28H30N2O. The summed E-state index contributed by atoms with van der Waals surface area (Å²) < 4.78 is 0. The van der Waals surface area contributed by atoms with E-state index in [-0.39, 0.29) is 5.91 Å². The molecular weight excluding hydrogens is 380 g/mol. The van der Waals surface area contributed by atoms with Crippen LogP contribution in [0, 0.1) is 0 Å². The number of nitrogens with one attached hydrogen (secondary N) is 1. The smallest absolute Gasteiger partial charge is 0.255 e. The summed E-state index contributed by atoms with van der Waals surface area (Å²) in [5.41, 5.74) is 6.86. The minimum absolute atomic E-state index is 0.0201. The van der Waals surface area contributed by atoms with Gasteiger partial charge in [0.1, 0.15) is 0 Å². The van der Waals surface area contributed by atoms with E-state index in [0.717, 1.165) is 36.7 Å². The van der Waals surface area contributed by atoms with E-state index in [1.807, 2.05) is 42.5 Å². The lowest BCUT2D eigenvalue weighted by molar-refractivity contribution is 0.102. The largest absolute Gasteiger partial charge is 0.367 e. The predicted molar refractivity (Wildman–Crippen MR) is 128 cm³/mol. The number of hydrogen-bond donors (Lipinski definition) is 1. The zero-order chi connectivity index (χ0) is 21.0. The Morgan fingerprint density at radius 2 is 1.61 bits per heavy atom. The van der Waals surface area contributed by atoms with E-state index in [9.17, 15) is 4.79 Å². The van der Waals surface area contributed by atoms with Crippen molar-refractivity contribution in [1.29, 1.82) is 0 Å². The van der Waals surface area contributed by atoms with E-state index in [1.54, 1.807) is 0 Å². The summed E-state index contributed by atoms with van der Waals surface area (Å²) in [6.07, 6.45) is 7.70. The number of carbonyl (C=O) groups is 1. The summed E-state index contributed by atoms with van der Waals surface area (Å²) in [6.45, 7) is 1.79. The monoisotopic (exact) mass is 410 g/mol. The molecule has 2 aliphatic rings. The fraction of sp³-hybridized carbons (Fsp3) is 0.321. The second-order valence-corrected chi connectivity index (χ2v) is 8.86. The van der Waals surface area contributed by atoms with E-state index < -0.39 is 0 Å². The van der Waals surface area contributed by atoms with Gasteiger partial charge < -0.3 is 10.2 Å². The van der Waals surface area contributed by atoms with Gasteiger partial charge in [0.15, 0.2) is 0 Å². The highest BCUT2D eigenvalue weighted by atomic mass is 16.1. The van der Waals surface area contributed by atoms with Crippen LogP contribution in [0.25, 0.3) is 0 Å². The van der Waals surface area contributed by atoms with Gasteiger partial charge in [-0.3, -0.25) is 4.79 Å². The summed E-state index contributed by atoms with van der Waals surface area (Å²) in [5, 5.41) is 3.04. The van der Waals surface area contributed by atoms with Gasteiger partial charge >= 0.3 is 0 Å². The van der Waals surface area contributed by atoms with Gasteiger partial charge in [-0.05, 0) is 72.2 Å². The number of rotatable bonds is 4. The molecule has 0 atom stereocenters. The maximum atomic E-state index is 12.9. The van der Waals surface area contributed by atoms with Gasteiger partial charge in [0.2, 0.25) is 0 Å². The SMILES string of the molecule is O=C(Nc1ccccc1)c1cccc2c1CCN(c1ccc(C3CCCCC3)cc1)C2. The van der Waals surface area contributed by atoms with Crippen molar-refractivity contribution in [1.82, 2.24) is 0 Å². The fourth-order valence-corrected chi connectivity index (χ4v) is 5.16. The molecule has 3 heteroatoms. The maximum absolute atomic E-state index is 12.9. The topological polar surface area (TPSA) is 32.3 Å². The van der Waals surface area contributed by atoms with Gasteiger partial charge in [-0.25, -0.2) is 0 Å². The third-order valence-electron chi connectivity index (χ3n) is 6.88. The number of para-hydroxylation sites is 1. The molecule has 1 aliphatic heterocycles. The Morgan fingerprint density at radius 1 is 0.839 bits per heavy atom. The van der Waals surface area contributed by atoms with E-state index in [1.165, 1.54) is 54.5 Å². The minimum atomic E-state index is -0.0201. The van der Waals surface area contributed by atoms with Crippen molar-refractivity contribution >= 4 is 17.3 Å². The Morgan fingerprint density at radius 3 is 2.39 bits per heavy atom. The fourth-order valence-electron chi connectivity index (χ4n) is 5.16. The zero-order valence-corrected chi connectivity index (χ0v) is 18.0. The molecule has 0 spiro atoms. The predicted octanol–water partition coefficient (Wildman–Crippen LogP) is 6.55. The molecule has 158 valence electrons. The second-order valence-electron chi connectivity index (χ2n) is 8.86. The van der Waals surface area contributed by atoms with Crippen LogP contribution in [0.15, 0.2) is 72.8 Å². The average Bonchev–Trinajstić information content (AvgIpc) is 2.84. The molecule has 1 fully saturated rings. The highest BCUT2D eigenvalue weighted by molar-refractivity contribution is 6.05. The van der Waals surface area contributed by atoms with Crippen LogP contribution in [0.3, 0.4) is 0 Å². The molecule has 1 saturated carbocycles. The molecule has 3 aromatic rings. The zero-order valence-electron chi connectivity index (χ0n) is 18.0. The normalized spacial score (nSPS) is 16.6. The number of fused-ring (bicyclic) bond motifs is 1. The number of amides is 1. The Hall–Kier alpha value is -3.07. The molecule has 0 unspecified atom stereocenters. The van der Waals surface area contributed by atoms with Gasteiger partial charge in [-0.15, -0.1) is 0 Å². The summed E-state index contributed by atoms with van der Waals surface area (Å²) in [6, 6.07) is 25.1. The Balaban J connectivity index is 1.30. The number of benzene rings is 3. The number of anilines is 2. The van der Waals surface area contributed by atoms with Gasteiger partial charge in [0, 0.05) is 30.0 Å². The lowest BCUT2D eigenvalue weighted by atomic mass is 9.84. The van der Waals surface area contributed by atoms with Gasteiger partial charge in [0.05, 0.1) is 0 Å². The molecule has 1 aliphatic carbocycles. The van der Waals surface area contributed by atoms with Gasteiger partial charge in [0.25, 0.3) is 5.91 Å². The Bertz CT molecular complexity index is 1040. The number of nitrogens with zero attached hydrogens (tertiary/aromatic N) is 1. The summed E-state index contributed by atoms with van der Waals surface area (Å²) in [4.78, 5) is 15.3. The quantitative estimate of drug-likeness (QED) is 0.529. The van der Waals surface area contributed by atoms with Crippen molar-refractivity contribution in [3.63, 3.8) is 0 Å². The molecule has 0 radical (unpaired) electrons. The molecule has 1 amide bonds. The minimum Gasteiger partial charge on any atom is -0.367 e. The van der Waals surface area contributed by atoms with Crippen molar-refractivity contribution in [3.05, 3.63) is 95.1 Å². The second kappa shape index (κ2) is 8.97. The highest BCUT2D eigenvalue weighted by Crippen LogP contribution is 2.34. The number of carbonyl (C=O) groups excluding carboxylic acids is 1. The number of hydrogen-bond acceptors (Lipinski definition) is 2. The summed E-state index contributed by atoms with van der Waals surface area (Å²) >= 11 is 0. The Kier molecular flexibility index (Phi) is 5.75. The van der Waals surface area contributed by atoms with Crippen molar-refractivity contribution in [2.45, 2.75) is 51.0 Å². The van der Waals surface area contributed by atoms with Crippen LogP contribution in [0.5, 0.6) is 0 Å². The van der Waals surface area contributed by atoms with Crippen LogP contribution < -0.4 is 10.2 Å². The molecule has 1 N–H and O–H groups in total. The molecule has 3 nitrogen and oxygen atoms in total. The van der Waals surface area contributed by atoms with Crippen LogP contribution in [0.2, 0.25) is 0 Å². The Labute approximate surface area is 185 Å². The molecule has 1 heterocycles. The lowest BCUT2D eigenvalue weighted by Gasteiger charge is -2.32. The highest BCUT2D eigenvalue weighted by Gasteiger charge is 2.22.